The molecule has 0 spiro atoms. The molecule has 2 heterocycles. The Bertz CT molecular complexity index is 754. The maximum atomic E-state index is 12.6. The number of halogens is 3. The number of hydrogen-bond donors (Lipinski definition) is 3. The lowest BCUT2D eigenvalue weighted by atomic mass is 10.2. The molecular formula is C13H13F3N4O2S. The van der Waals surface area contributed by atoms with E-state index in [1.54, 1.807) is 0 Å². The summed E-state index contributed by atoms with van der Waals surface area (Å²) >= 11 is 1.48. The number of aryl methyl sites for hydroxylation is 1. The molecule has 2 rings (SSSR count). The van der Waals surface area contributed by atoms with E-state index >= 15 is 0 Å². The summed E-state index contributed by atoms with van der Waals surface area (Å²) in [7, 11) is 0. The third kappa shape index (κ3) is 4.81. The van der Waals surface area contributed by atoms with Crippen LogP contribution in [-0.4, -0.2) is 22.5 Å². The number of carbonyl (C=O) groups is 1. The Hall–Kier alpha value is -2.36. The van der Waals surface area contributed by atoms with Crippen LogP contribution in [0.4, 0.5) is 23.7 Å². The first-order valence-corrected chi connectivity index (χ1v) is 7.39. The van der Waals surface area contributed by atoms with Gasteiger partial charge in [0.15, 0.2) is 0 Å². The predicted octanol–water partition coefficient (Wildman–Crippen LogP) is 2.52. The first-order valence-electron chi connectivity index (χ1n) is 6.51. The quantitative estimate of drug-likeness (QED) is 0.795. The summed E-state index contributed by atoms with van der Waals surface area (Å²) < 4.78 is 37.7. The Morgan fingerprint density at radius 3 is 2.78 bits per heavy atom. The zero-order valence-electron chi connectivity index (χ0n) is 12.0. The van der Waals surface area contributed by atoms with Gasteiger partial charge in [-0.05, 0) is 13.0 Å². The predicted molar refractivity (Wildman–Crippen MR) is 79.6 cm³/mol. The second kappa shape index (κ2) is 6.82. The van der Waals surface area contributed by atoms with E-state index in [1.165, 1.54) is 11.3 Å². The van der Waals surface area contributed by atoms with E-state index in [0.29, 0.717) is 18.7 Å². The minimum Gasteiger partial charge on any atom is -0.337 e. The van der Waals surface area contributed by atoms with Crippen LogP contribution in [0.3, 0.4) is 0 Å². The van der Waals surface area contributed by atoms with E-state index in [2.05, 4.69) is 15.6 Å². The fourth-order valence-electron chi connectivity index (χ4n) is 1.73. The van der Waals surface area contributed by atoms with Gasteiger partial charge in [0.1, 0.15) is 5.69 Å². The number of urea groups is 1. The van der Waals surface area contributed by atoms with Crippen LogP contribution in [-0.2, 0) is 12.6 Å². The topological polar surface area (TPSA) is 86.9 Å². The Labute approximate surface area is 132 Å². The number of anilines is 1. The Kier molecular flexibility index (Phi) is 5.04. The molecule has 0 radical (unpaired) electrons. The van der Waals surface area contributed by atoms with Gasteiger partial charge in [0, 0.05) is 24.5 Å². The van der Waals surface area contributed by atoms with Crippen LogP contribution in [0.1, 0.15) is 16.3 Å². The molecule has 0 saturated carbocycles. The first kappa shape index (κ1) is 17.0. The lowest BCUT2D eigenvalue weighted by molar-refractivity contribution is -0.137. The molecule has 0 unspecified atom stereocenters. The van der Waals surface area contributed by atoms with Gasteiger partial charge < -0.3 is 15.6 Å². The summed E-state index contributed by atoms with van der Waals surface area (Å²) in [5.74, 6) is 0. The number of nitrogens with one attached hydrogen (secondary N) is 3. The van der Waals surface area contributed by atoms with E-state index in [1.807, 2.05) is 17.3 Å². The van der Waals surface area contributed by atoms with Crippen molar-refractivity contribution in [2.24, 2.45) is 0 Å². The second-order valence-electron chi connectivity index (χ2n) is 4.62. The zero-order chi connectivity index (χ0) is 17.0. The van der Waals surface area contributed by atoms with Crippen LogP contribution in [0.2, 0.25) is 0 Å². The number of amides is 2. The average molecular weight is 346 g/mol. The van der Waals surface area contributed by atoms with Crippen LogP contribution < -0.4 is 16.2 Å². The maximum Gasteiger partial charge on any atom is 0.417 e. The van der Waals surface area contributed by atoms with E-state index in [-0.39, 0.29) is 6.54 Å². The molecule has 124 valence electrons. The first-order chi connectivity index (χ1) is 10.8. The Morgan fingerprint density at radius 1 is 1.43 bits per heavy atom. The summed E-state index contributed by atoms with van der Waals surface area (Å²) in [5.41, 5.74) is -1.53. The summed E-state index contributed by atoms with van der Waals surface area (Å²) in [6.07, 6.45) is -3.58. The fourth-order valence-corrected chi connectivity index (χ4v) is 2.38. The standard InChI is InChI=1S/C13H13F3N4O2S/c1-7-19-9(6-23-7)2-3-17-12(22)20-10-4-8(13(14,15)16)5-18-11(10)21/h4-6H,2-3H2,1H3,(H,18,21)(H2,17,20,22). The van der Waals surface area contributed by atoms with Gasteiger partial charge in [0.05, 0.1) is 16.3 Å². The minimum atomic E-state index is -4.61. The molecule has 23 heavy (non-hydrogen) atoms. The minimum absolute atomic E-state index is 0.242. The molecule has 0 aliphatic heterocycles. The van der Waals surface area contributed by atoms with E-state index < -0.39 is 29.0 Å². The van der Waals surface area contributed by atoms with E-state index in [9.17, 15) is 22.8 Å². The molecule has 0 atom stereocenters. The second-order valence-corrected chi connectivity index (χ2v) is 5.68. The fraction of sp³-hybridized carbons (Fsp3) is 0.308. The lowest BCUT2D eigenvalue weighted by Gasteiger charge is -2.09. The highest BCUT2D eigenvalue weighted by Gasteiger charge is 2.31. The van der Waals surface area contributed by atoms with Gasteiger partial charge in [0.25, 0.3) is 5.56 Å². The van der Waals surface area contributed by atoms with Crippen molar-refractivity contribution >= 4 is 23.1 Å². The molecular weight excluding hydrogens is 333 g/mol. The van der Waals surface area contributed by atoms with Crippen molar-refractivity contribution < 1.29 is 18.0 Å². The van der Waals surface area contributed by atoms with Crippen LogP contribution in [0.5, 0.6) is 0 Å². The number of pyridine rings is 1. The molecule has 2 aromatic rings. The number of nitrogens with zero attached hydrogens (tertiary/aromatic N) is 1. The van der Waals surface area contributed by atoms with Crippen LogP contribution in [0.15, 0.2) is 22.4 Å². The Balaban J connectivity index is 1.93. The van der Waals surface area contributed by atoms with Gasteiger partial charge in [0.2, 0.25) is 0 Å². The molecule has 0 aliphatic carbocycles. The van der Waals surface area contributed by atoms with Crippen molar-refractivity contribution in [3.63, 3.8) is 0 Å². The van der Waals surface area contributed by atoms with Gasteiger partial charge in [-0.25, -0.2) is 9.78 Å². The summed E-state index contributed by atoms with van der Waals surface area (Å²) in [6, 6.07) is -0.177. The Morgan fingerprint density at radius 2 is 2.17 bits per heavy atom. The normalized spacial score (nSPS) is 11.3. The van der Waals surface area contributed by atoms with Crippen molar-refractivity contribution in [1.29, 1.82) is 0 Å². The summed E-state index contributed by atoms with van der Waals surface area (Å²) in [4.78, 5) is 29.3. The van der Waals surface area contributed by atoms with Crippen molar-refractivity contribution in [1.82, 2.24) is 15.3 Å². The van der Waals surface area contributed by atoms with Crippen molar-refractivity contribution in [2.75, 3.05) is 11.9 Å². The highest BCUT2D eigenvalue weighted by molar-refractivity contribution is 7.09. The number of carbonyl (C=O) groups excluding carboxylic acids is 1. The number of rotatable bonds is 4. The number of aromatic nitrogens is 2. The zero-order valence-corrected chi connectivity index (χ0v) is 12.8. The molecule has 2 aromatic heterocycles. The van der Waals surface area contributed by atoms with Gasteiger partial charge in [-0.15, -0.1) is 11.3 Å². The number of alkyl halides is 3. The van der Waals surface area contributed by atoms with Gasteiger partial charge in [-0.1, -0.05) is 0 Å². The average Bonchev–Trinajstić information content (AvgIpc) is 2.85. The molecule has 0 bridgehead atoms. The molecule has 0 saturated heterocycles. The summed E-state index contributed by atoms with van der Waals surface area (Å²) in [5, 5.41) is 7.31. The number of H-pyrrole nitrogens is 1. The third-order valence-electron chi connectivity index (χ3n) is 2.81. The smallest absolute Gasteiger partial charge is 0.337 e. The number of thiazole rings is 1. The molecule has 0 fully saturated rings. The highest BCUT2D eigenvalue weighted by Crippen LogP contribution is 2.29. The van der Waals surface area contributed by atoms with E-state index in [0.717, 1.165) is 10.7 Å². The molecule has 0 aromatic carbocycles. The molecule has 3 N–H and O–H groups in total. The number of hydrogen-bond acceptors (Lipinski definition) is 4. The van der Waals surface area contributed by atoms with Crippen LogP contribution in [0.25, 0.3) is 0 Å². The SMILES string of the molecule is Cc1nc(CCNC(=O)Nc2cc(C(F)(F)F)c[nH]c2=O)cs1. The van der Waals surface area contributed by atoms with E-state index in [4.69, 9.17) is 0 Å². The largest absolute Gasteiger partial charge is 0.417 e. The van der Waals surface area contributed by atoms with Gasteiger partial charge >= 0.3 is 12.2 Å². The summed E-state index contributed by atoms with van der Waals surface area (Å²) in [6.45, 7) is 2.10. The van der Waals surface area contributed by atoms with Crippen molar-refractivity contribution in [2.45, 2.75) is 19.5 Å². The van der Waals surface area contributed by atoms with Crippen molar-refractivity contribution in [3.05, 3.63) is 44.3 Å². The molecule has 6 nitrogen and oxygen atoms in total. The van der Waals surface area contributed by atoms with Crippen LogP contribution in [0, 0.1) is 6.92 Å². The number of aromatic amines is 1. The third-order valence-corrected chi connectivity index (χ3v) is 3.63. The van der Waals surface area contributed by atoms with Gasteiger partial charge in [-0.3, -0.25) is 4.79 Å². The molecule has 2 amide bonds. The van der Waals surface area contributed by atoms with Crippen LogP contribution >= 0.6 is 11.3 Å². The molecule has 10 heteroatoms. The maximum absolute atomic E-state index is 12.6. The highest BCUT2D eigenvalue weighted by atomic mass is 32.1. The monoisotopic (exact) mass is 346 g/mol. The van der Waals surface area contributed by atoms with Gasteiger partial charge in [-0.2, -0.15) is 13.2 Å². The molecule has 0 aliphatic rings. The lowest BCUT2D eigenvalue weighted by Crippen LogP contribution is -2.32. The van der Waals surface area contributed by atoms with Crippen molar-refractivity contribution in [3.8, 4) is 0 Å².